The summed E-state index contributed by atoms with van der Waals surface area (Å²) in [5.74, 6) is 1.74. The van der Waals surface area contributed by atoms with Crippen molar-refractivity contribution in [2.45, 2.75) is 55.4 Å². The van der Waals surface area contributed by atoms with Crippen molar-refractivity contribution in [2.75, 3.05) is 16.5 Å². The predicted octanol–water partition coefficient (Wildman–Crippen LogP) is 8.90. The molecule has 0 aliphatic carbocycles. The summed E-state index contributed by atoms with van der Waals surface area (Å²) in [6.45, 7) is 17.9. The van der Waals surface area contributed by atoms with Crippen molar-refractivity contribution >= 4 is 34.4 Å². The van der Waals surface area contributed by atoms with Gasteiger partial charge in [0.1, 0.15) is 6.67 Å². The predicted molar refractivity (Wildman–Crippen MR) is 168 cm³/mol. The van der Waals surface area contributed by atoms with Gasteiger partial charge in [0, 0.05) is 0 Å². The van der Waals surface area contributed by atoms with E-state index in [0.717, 1.165) is 45.3 Å². The van der Waals surface area contributed by atoms with Crippen molar-refractivity contribution in [3.63, 3.8) is 0 Å². The third kappa shape index (κ3) is 4.87. The Balaban J connectivity index is 1.87. The van der Waals surface area contributed by atoms with Crippen LogP contribution in [0.4, 0.5) is 22.7 Å². The van der Waals surface area contributed by atoms with Gasteiger partial charge in [-0.05, 0) is 99.9 Å². The smallest absolute Gasteiger partial charge is 0.179 e. The highest BCUT2D eigenvalue weighted by molar-refractivity contribution is 6.53. The van der Waals surface area contributed by atoms with Crippen molar-refractivity contribution in [3.05, 3.63) is 117 Å². The summed E-state index contributed by atoms with van der Waals surface area (Å²) >= 11 is 0. The second-order valence-electron chi connectivity index (χ2n) is 10.8. The lowest BCUT2D eigenvalue weighted by atomic mass is 10.1. The van der Waals surface area contributed by atoms with Gasteiger partial charge < -0.3 is 9.80 Å². The van der Waals surface area contributed by atoms with Crippen LogP contribution in [0.3, 0.4) is 0 Å². The number of amidine groups is 2. The Bertz CT molecular complexity index is 1420. The molecule has 0 spiro atoms. The number of aryl methyl sites for hydroxylation is 8. The number of nitrogens with zero attached hydrogens (tertiary/aromatic N) is 4. The highest BCUT2D eigenvalue weighted by Crippen LogP contribution is 2.37. The van der Waals surface area contributed by atoms with Crippen molar-refractivity contribution in [1.29, 1.82) is 0 Å². The SMILES string of the molecule is Cc1cccc(C)c1N=C1C(=Nc2c(C)cccc2C)N(c2c(C)cccc2C)CN1c1c(C)cccc1C. The van der Waals surface area contributed by atoms with Crippen molar-refractivity contribution in [3.8, 4) is 0 Å². The van der Waals surface area contributed by atoms with E-state index in [1.165, 1.54) is 33.6 Å². The van der Waals surface area contributed by atoms with Gasteiger partial charge >= 0.3 is 0 Å². The third-order valence-corrected chi connectivity index (χ3v) is 7.73. The number of benzene rings is 4. The third-order valence-electron chi connectivity index (χ3n) is 7.73. The molecule has 4 aromatic rings. The lowest BCUT2D eigenvalue weighted by molar-refractivity contribution is 0.996. The van der Waals surface area contributed by atoms with Crippen LogP contribution in [0.1, 0.15) is 44.5 Å². The number of hydrogen-bond donors (Lipinski definition) is 0. The molecule has 1 aliphatic rings. The van der Waals surface area contributed by atoms with E-state index < -0.39 is 0 Å². The second-order valence-corrected chi connectivity index (χ2v) is 10.8. The molecular weight excluding hydrogens is 476 g/mol. The number of aliphatic imine (C=N–C) groups is 2. The molecule has 0 atom stereocenters. The molecule has 4 nitrogen and oxygen atoms in total. The topological polar surface area (TPSA) is 31.2 Å². The fourth-order valence-corrected chi connectivity index (χ4v) is 5.73. The van der Waals surface area contributed by atoms with Gasteiger partial charge in [0.25, 0.3) is 0 Å². The average molecular weight is 515 g/mol. The Morgan fingerprint density at radius 1 is 0.410 bits per heavy atom. The van der Waals surface area contributed by atoms with E-state index in [9.17, 15) is 0 Å². The van der Waals surface area contributed by atoms with E-state index in [2.05, 4.69) is 138 Å². The van der Waals surface area contributed by atoms with Gasteiger partial charge in [-0.3, -0.25) is 0 Å². The highest BCUT2D eigenvalue weighted by atomic mass is 15.4. The van der Waals surface area contributed by atoms with E-state index >= 15 is 0 Å². The van der Waals surface area contributed by atoms with E-state index in [1.807, 2.05) is 0 Å². The molecule has 4 aromatic carbocycles. The second kappa shape index (κ2) is 10.5. The normalized spacial score (nSPS) is 15.6. The molecule has 198 valence electrons. The van der Waals surface area contributed by atoms with Gasteiger partial charge in [0.2, 0.25) is 0 Å². The van der Waals surface area contributed by atoms with E-state index in [4.69, 9.17) is 9.98 Å². The zero-order chi connectivity index (χ0) is 27.8. The van der Waals surface area contributed by atoms with Crippen LogP contribution < -0.4 is 9.80 Å². The summed E-state index contributed by atoms with van der Waals surface area (Å²) in [7, 11) is 0. The van der Waals surface area contributed by atoms with Crippen molar-refractivity contribution < 1.29 is 0 Å². The summed E-state index contributed by atoms with van der Waals surface area (Å²) in [5.41, 5.74) is 13.9. The van der Waals surface area contributed by atoms with Gasteiger partial charge in [-0.25, -0.2) is 9.98 Å². The lowest BCUT2D eigenvalue weighted by Gasteiger charge is -2.25. The van der Waals surface area contributed by atoms with Crippen LogP contribution in [0.5, 0.6) is 0 Å². The molecule has 0 amide bonds. The molecule has 0 bridgehead atoms. The Kier molecular flexibility index (Phi) is 7.14. The van der Waals surface area contributed by atoms with Gasteiger partial charge in [-0.1, -0.05) is 72.8 Å². The quantitative estimate of drug-likeness (QED) is 0.272. The molecule has 0 aromatic heterocycles. The average Bonchev–Trinajstić information content (AvgIpc) is 3.20. The minimum atomic E-state index is 0.630. The molecule has 0 saturated carbocycles. The number of hydrogen-bond acceptors (Lipinski definition) is 2. The van der Waals surface area contributed by atoms with Gasteiger partial charge in [-0.15, -0.1) is 0 Å². The monoisotopic (exact) mass is 514 g/mol. The summed E-state index contributed by atoms with van der Waals surface area (Å²) < 4.78 is 0. The van der Waals surface area contributed by atoms with E-state index in [0.29, 0.717) is 6.67 Å². The number of anilines is 2. The largest absolute Gasteiger partial charge is 0.304 e. The zero-order valence-electron chi connectivity index (χ0n) is 24.4. The van der Waals surface area contributed by atoms with E-state index in [-0.39, 0.29) is 0 Å². The molecule has 5 rings (SSSR count). The standard InChI is InChI=1S/C35H38N4/c1-22-13-9-14-23(2)30(22)36-34-35(37-31-24(3)15-10-16-25(31)4)39(33-28(7)19-12-20-29(33)8)21-38(34)32-26(5)17-11-18-27(32)6/h9-20H,21H2,1-8H3. The first-order chi connectivity index (χ1) is 18.7. The van der Waals surface area contributed by atoms with E-state index in [1.54, 1.807) is 0 Å². The number of para-hydroxylation sites is 4. The summed E-state index contributed by atoms with van der Waals surface area (Å²) in [6, 6.07) is 25.7. The Morgan fingerprint density at radius 2 is 0.667 bits per heavy atom. The van der Waals surface area contributed by atoms with Gasteiger partial charge in [0.15, 0.2) is 11.7 Å². The Hall–Kier alpha value is -4.18. The first-order valence-electron chi connectivity index (χ1n) is 13.6. The first kappa shape index (κ1) is 26.4. The zero-order valence-corrected chi connectivity index (χ0v) is 24.4. The number of rotatable bonds is 4. The Morgan fingerprint density at radius 3 is 0.949 bits per heavy atom. The minimum Gasteiger partial charge on any atom is -0.304 e. The van der Waals surface area contributed by atoms with Crippen LogP contribution >= 0.6 is 0 Å². The highest BCUT2D eigenvalue weighted by Gasteiger charge is 2.37. The van der Waals surface area contributed by atoms with Crippen LogP contribution in [-0.2, 0) is 0 Å². The van der Waals surface area contributed by atoms with Crippen LogP contribution in [-0.4, -0.2) is 18.3 Å². The molecule has 1 saturated heterocycles. The molecule has 1 aliphatic heterocycles. The fourth-order valence-electron chi connectivity index (χ4n) is 5.73. The fraction of sp³-hybridized carbons (Fsp3) is 0.257. The molecule has 4 heteroatoms. The molecule has 1 heterocycles. The van der Waals surface area contributed by atoms with Crippen LogP contribution in [0.25, 0.3) is 0 Å². The van der Waals surface area contributed by atoms with Crippen molar-refractivity contribution in [2.24, 2.45) is 9.98 Å². The van der Waals surface area contributed by atoms with Crippen LogP contribution in [0.2, 0.25) is 0 Å². The molecular formula is C35H38N4. The maximum atomic E-state index is 5.44. The summed E-state index contributed by atoms with van der Waals surface area (Å²) in [4.78, 5) is 15.6. The first-order valence-corrected chi connectivity index (χ1v) is 13.6. The maximum absolute atomic E-state index is 5.44. The van der Waals surface area contributed by atoms with Gasteiger partial charge in [-0.2, -0.15) is 0 Å². The van der Waals surface area contributed by atoms with Crippen molar-refractivity contribution in [1.82, 2.24) is 0 Å². The minimum absolute atomic E-state index is 0.630. The molecule has 1 fully saturated rings. The molecule has 39 heavy (non-hydrogen) atoms. The van der Waals surface area contributed by atoms with Gasteiger partial charge in [0.05, 0.1) is 22.7 Å². The van der Waals surface area contributed by atoms with Crippen LogP contribution in [0.15, 0.2) is 82.8 Å². The van der Waals surface area contributed by atoms with Crippen LogP contribution in [0, 0.1) is 55.4 Å². The lowest BCUT2D eigenvalue weighted by Crippen LogP contribution is -2.29. The Labute approximate surface area is 233 Å². The molecule has 0 unspecified atom stereocenters. The molecule has 0 radical (unpaired) electrons. The summed E-state index contributed by atoms with van der Waals surface area (Å²) in [6.07, 6.45) is 0. The summed E-state index contributed by atoms with van der Waals surface area (Å²) in [5, 5.41) is 0. The molecule has 0 N–H and O–H groups in total. The maximum Gasteiger partial charge on any atom is 0.179 e.